The Morgan fingerprint density at radius 3 is 3.11 bits per heavy atom. The highest BCUT2D eigenvalue weighted by atomic mass is 32.1. The number of nitrogens with zero attached hydrogens (tertiary/aromatic N) is 1. The lowest BCUT2D eigenvalue weighted by Gasteiger charge is -2.08. The zero-order valence-electron chi connectivity index (χ0n) is 5.21. The molecule has 0 saturated heterocycles. The molecule has 48 valence electrons. The van der Waals surface area contributed by atoms with Gasteiger partial charge in [-0.15, -0.1) is 0 Å². The van der Waals surface area contributed by atoms with Crippen LogP contribution in [0, 0.1) is 0 Å². The molecule has 1 atom stereocenters. The summed E-state index contributed by atoms with van der Waals surface area (Å²) in [6, 6.07) is 0.330. The maximum absolute atomic E-state index is 4.48. The van der Waals surface area contributed by atoms with Crippen LogP contribution in [0.2, 0.25) is 0 Å². The number of aliphatic imine (C=N–C) groups is 1. The average molecular weight is 139 g/mol. The van der Waals surface area contributed by atoms with Gasteiger partial charge in [0.1, 0.15) is 0 Å². The Bertz CT molecular complexity index is 156. The molecule has 0 fully saturated rings. The Morgan fingerprint density at radius 1 is 1.67 bits per heavy atom. The van der Waals surface area contributed by atoms with Gasteiger partial charge in [-0.25, -0.2) is 4.99 Å². The SMILES string of the molecule is S=C=NC1C=CCCC1. The summed E-state index contributed by atoms with van der Waals surface area (Å²) in [7, 11) is 0. The second-order valence-electron chi connectivity index (χ2n) is 2.15. The highest BCUT2D eigenvalue weighted by Crippen LogP contribution is 2.12. The van der Waals surface area contributed by atoms with Gasteiger partial charge in [-0.3, -0.25) is 0 Å². The largest absolute Gasteiger partial charge is 0.225 e. The lowest BCUT2D eigenvalue weighted by Crippen LogP contribution is -2.02. The van der Waals surface area contributed by atoms with Gasteiger partial charge in [-0.2, -0.15) is 0 Å². The molecule has 1 aliphatic rings. The van der Waals surface area contributed by atoms with Crippen LogP contribution in [0.15, 0.2) is 17.1 Å². The molecule has 1 rings (SSSR count). The smallest absolute Gasteiger partial charge is 0.0783 e. The molecule has 0 aromatic carbocycles. The quantitative estimate of drug-likeness (QED) is 0.308. The Hall–Kier alpha value is -0.460. The standard InChI is InChI=1S/C7H9NS/c9-6-8-7-4-2-1-3-5-7/h2,4,7H,1,3,5H2. The highest BCUT2D eigenvalue weighted by Gasteiger charge is 2.03. The molecule has 0 heterocycles. The summed E-state index contributed by atoms with van der Waals surface area (Å²) in [5.74, 6) is 0. The first-order valence-corrected chi connectivity index (χ1v) is 3.58. The van der Waals surface area contributed by atoms with E-state index in [1.165, 1.54) is 12.8 Å². The van der Waals surface area contributed by atoms with Crippen LogP contribution in [0.4, 0.5) is 0 Å². The van der Waals surface area contributed by atoms with E-state index in [9.17, 15) is 0 Å². The van der Waals surface area contributed by atoms with Crippen molar-refractivity contribution in [3.05, 3.63) is 12.2 Å². The fourth-order valence-electron chi connectivity index (χ4n) is 0.970. The maximum atomic E-state index is 4.48. The summed E-state index contributed by atoms with van der Waals surface area (Å²) < 4.78 is 0. The molecule has 0 aliphatic heterocycles. The number of allylic oxidation sites excluding steroid dienone is 1. The second-order valence-corrected chi connectivity index (χ2v) is 2.33. The first kappa shape index (κ1) is 6.66. The van der Waals surface area contributed by atoms with E-state index in [4.69, 9.17) is 0 Å². The van der Waals surface area contributed by atoms with Gasteiger partial charge in [0.2, 0.25) is 0 Å². The minimum absolute atomic E-state index is 0.330. The normalized spacial score (nSPS) is 25.1. The van der Waals surface area contributed by atoms with E-state index in [1.807, 2.05) is 0 Å². The van der Waals surface area contributed by atoms with Crippen LogP contribution in [-0.2, 0) is 0 Å². The van der Waals surface area contributed by atoms with Crippen LogP contribution in [0.5, 0.6) is 0 Å². The van der Waals surface area contributed by atoms with Crippen molar-refractivity contribution in [3.8, 4) is 0 Å². The summed E-state index contributed by atoms with van der Waals surface area (Å²) in [4.78, 5) is 3.96. The van der Waals surface area contributed by atoms with Gasteiger partial charge >= 0.3 is 0 Å². The fraction of sp³-hybridized carbons (Fsp3) is 0.571. The minimum atomic E-state index is 0.330. The van der Waals surface area contributed by atoms with Crippen molar-refractivity contribution in [1.82, 2.24) is 0 Å². The predicted molar refractivity (Wildman–Crippen MR) is 41.8 cm³/mol. The molecule has 0 aromatic heterocycles. The first-order valence-electron chi connectivity index (χ1n) is 3.17. The van der Waals surface area contributed by atoms with Gasteiger partial charge < -0.3 is 0 Å². The van der Waals surface area contributed by atoms with Gasteiger partial charge in [0, 0.05) is 0 Å². The molecule has 1 aliphatic carbocycles. The first-order chi connectivity index (χ1) is 4.43. The number of hydrogen-bond acceptors (Lipinski definition) is 2. The molecule has 9 heavy (non-hydrogen) atoms. The van der Waals surface area contributed by atoms with E-state index in [-0.39, 0.29) is 0 Å². The third-order valence-electron chi connectivity index (χ3n) is 1.45. The van der Waals surface area contributed by atoms with Crippen molar-refractivity contribution in [2.45, 2.75) is 25.3 Å². The number of hydrogen-bond donors (Lipinski definition) is 0. The molecule has 0 bridgehead atoms. The topological polar surface area (TPSA) is 12.4 Å². The molecule has 0 N–H and O–H groups in total. The zero-order chi connectivity index (χ0) is 6.53. The molecule has 0 spiro atoms. The van der Waals surface area contributed by atoms with Crippen LogP contribution in [0.25, 0.3) is 0 Å². The van der Waals surface area contributed by atoms with Gasteiger partial charge in [-0.05, 0) is 31.5 Å². The molecule has 0 amide bonds. The highest BCUT2D eigenvalue weighted by molar-refractivity contribution is 7.78. The van der Waals surface area contributed by atoms with E-state index < -0.39 is 0 Å². The fourth-order valence-corrected chi connectivity index (χ4v) is 1.11. The summed E-state index contributed by atoms with van der Waals surface area (Å²) in [6.45, 7) is 0. The third-order valence-corrected chi connectivity index (χ3v) is 1.55. The summed E-state index contributed by atoms with van der Waals surface area (Å²) in [5, 5.41) is 2.39. The molecule has 2 heteroatoms. The predicted octanol–water partition coefficient (Wildman–Crippen LogP) is 2.20. The van der Waals surface area contributed by atoms with Crippen molar-refractivity contribution in [1.29, 1.82) is 0 Å². The van der Waals surface area contributed by atoms with E-state index >= 15 is 0 Å². The zero-order valence-corrected chi connectivity index (χ0v) is 6.03. The van der Waals surface area contributed by atoms with Crippen LogP contribution in [0.1, 0.15) is 19.3 Å². The van der Waals surface area contributed by atoms with Crippen molar-refractivity contribution in [3.63, 3.8) is 0 Å². The third kappa shape index (κ3) is 2.08. The van der Waals surface area contributed by atoms with E-state index in [0.717, 1.165) is 6.42 Å². The molecule has 0 radical (unpaired) electrons. The van der Waals surface area contributed by atoms with Crippen LogP contribution in [-0.4, -0.2) is 11.2 Å². The van der Waals surface area contributed by atoms with Crippen molar-refractivity contribution >= 4 is 17.4 Å². The lowest BCUT2D eigenvalue weighted by atomic mass is 10.0. The lowest BCUT2D eigenvalue weighted by molar-refractivity contribution is 0.650. The summed E-state index contributed by atoms with van der Waals surface area (Å²) in [5.41, 5.74) is 0. The Morgan fingerprint density at radius 2 is 2.56 bits per heavy atom. The van der Waals surface area contributed by atoms with Crippen molar-refractivity contribution in [2.24, 2.45) is 4.99 Å². The van der Waals surface area contributed by atoms with Crippen molar-refractivity contribution in [2.75, 3.05) is 0 Å². The van der Waals surface area contributed by atoms with E-state index in [0.29, 0.717) is 6.04 Å². The summed E-state index contributed by atoms with van der Waals surface area (Å²) >= 11 is 4.48. The second kappa shape index (κ2) is 3.54. The van der Waals surface area contributed by atoms with Crippen LogP contribution >= 0.6 is 12.2 Å². The molecular formula is C7H9NS. The molecule has 0 aromatic rings. The van der Waals surface area contributed by atoms with Gasteiger partial charge in [0.15, 0.2) is 0 Å². The molecule has 1 unspecified atom stereocenters. The van der Waals surface area contributed by atoms with Crippen LogP contribution in [0.3, 0.4) is 0 Å². The average Bonchev–Trinajstić information content (AvgIpc) is 1.91. The number of thiocarbonyl (C=S) groups is 1. The Labute approximate surface area is 60.5 Å². The maximum Gasteiger partial charge on any atom is 0.0783 e. The molecule has 0 saturated carbocycles. The van der Waals surface area contributed by atoms with Gasteiger partial charge in [0.05, 0.1) is 11.2 Å². The number of rotatable bonds is 1. The Balaban J connectivity index is 2.49. The minimum Gasteiger partial charge on any atom is -0.225 e. The van der Waals surface area contributed by atoms with Gasteiger partial charge in [-0.1, -0.05) is 12.2 Å². The monoisotopic (exact) mass is 139 g/mol. The Kier molecular flexibility index (Phi) is 2.62. The molecular weight excluding hydrogens is 130 g/mol. The van der Waals surface area contributed by atoms with E-state index in [1.54, 1.807) is 0 Å². The van der Waals surface area contributed by atoms with Gasteiger partial charge in [0.25, 0.3) is 0 Å². The van der Waals surface area contributed by atoms with E-state index in [2.05, 4.69) is 34.5 Å². The molecule has 1 nitrogen and oxygen atoms in total. The van der Waals surface area contributed by atoms with Crippen molar-refractivity contribution < 1.29 is 0 Å². The summed E-state index contributed by atoms with van der Waals surface area (Å²) in [6.07, 6.45) is 7.83. The van der Waals surface area contributed by atoms with Crippen LogP contribution < -0.4 is 0 Å². The number of isothiocyanates is 1.